The maximum Gasteiger partial charge on any atom is 0.315 e. The third-order valence-corrected chi connectivity index (χ3v) is 5.98. The summed E-state index contributed by atoms with van der Waals surface area (Å²) >= 11 is 3.05. The Morgan fingerprint density at radius 2 is 2.00 bits per heavy atom. The molecule has 0 saturated heterocycles. The molecule has 1 amide bonds. The second kappa shape index (κ2) is 12.4. The minimum atomic E-state index is -0.275. The fraction of sp³-hybridized carbons (Fsp3) is 0.429. The summed E-state index contributed by atoms with van der Waals surface area (Å²) in [4.78, 5) is 26.6. The maximum absolute atomic E-state index is 12.5. The number of nitrogens with zero attached hydrogens (tertiary/aromatic N) is 1. The number of benzene rings is 1. The molecule has 0 radical (unpaired) electrons. The van der Waals surface area contributed by atoms with Crippen LogP contribution in [0.4, 0.5) is 0 Å². The van der Waals surface area contributed by atoms with Crippen LogP contribution < -0.4 is 9.47 Å². The fourth-order valence-corrected chi connectivity index (χ4v) is 3.97. The van der Waals surface area contributed by atoms with E-state index in [4.69, 9.17) is 9.47 Å². The van der Waals surface area contributed by atoms with Crippen molar-refractivity contribution in [2.24, 2.45) is 0 Å². The second-order valence-corrected chi connectivity index (χ2v) is 8.28. The highest BCUT2D eigenvalue weighted by Gasteiger charge is 2.14. The summed E-state index contributed by atoms with van der Waals surface area (Å²) in [5.41, 5.74) is 0.975. The molecule has 0 aliphatic rings. The third-order valence-electron chi connectivity index (χ3n) is 4.19. The van der Waals surface area contributed by atoms with Crippen molar-refractivity contribution in [3.63, 3.8) is 0 Å². The SMILES string of the molecule is CCN(Cc1ccc(OCc2cccs2)c(OC)c1)C(=O)CCSCC(=O)OC. The summed E-state index contributed by atoms with van der Waals surface area (Å²) in [6, 6.07) is 9.76. The van der Waals surface area contributed by atoms with Crippen LogP contribution in [0.3, 0.4) is 0 Å². The van der Waals surface area contributed by atoms with Gasteiger partial charge in [-0.15, -0.1) is 23.1 Å². The molecule has 0 N–H and O–H groups in total. The summed E-state index contributed by atoms with van der Waals surface area (Å²) < 4.78 is 15.9. The number of esters is 1. The Morgan fingerprint density at radius 3 is 2.66 bits per heavy atom. The molecule has 158 valence electrons. The zero-order valence-electron chi connectivity index (χ0n) is 17.0. The fourth-order valence-electron chi connectivity index (χ4n) is 2.60. The molecular weight excluding hydrogens is 410 g/mol. The summed E-state index contributed by atoms with van der Waals surface area (Å²) in [7, 11) is 2.97. The molecule has 2 aromatic rings. The smallest absolute Gasteiger partial charge is 0.315 e. The van der Waals surface area contributed by atoms with E-state index in [1.54, 1.807) is 23.3 Å². The molecule has 8 heteroatoms. The van der Waals surface area contributed by atoms with E-state index in [9.17, 15) is 9.59 Å². The van der Waals surface area contributed by atoms with E-state index >= 15 is 0 Å². The first-order chi connectivity index (χ1) is 14.1. The minimum absolute atomic E-state index is 0.0573. The van der Waals surface area contributed by atoms with Gasteiger partial charge >= 0.3 is 5.97 Å². The average molecular weight is 438 g/mol. The molecule has 1 aromatic carbocycles. The molecule has 1 aromatic heterocycles. The molecule has 0 aliphatic heterocycles. The van der Waals surface area contributed by atoms with Gasteiger partial charge in [0.2, 0.25) is 5.91 Å². The first-order valence-electron chi connectivity index (χ1n) is 9.31. The molecular formula is C21H27NO5S2. The van der Waals surface area contributed by atoms with E-state index in [0.29, 0.717) is 43.4 Å². The van der Waals surface area contributed by atoms with Gasteiger partial charge in [0.25, 0.3) is 0 Å². The minimum Gasteiger partial charge on any atom is -0.493 e. The van der Waals surface area contributed by atoms with Gasteiger partial charge in [-0.25, -0.2) is 0 Å². The van der Waals surface area contributed by atoms with Crippen molar-refractivity contribution in [3.05, 3.63) is 46.2 Å². The van der Waals surface area contributed by atoms with E-state index in [-0.39, 0.29) is 17.6 Å². The van der Waals surface area contributed by atoms with Gasteiger partial charge in [-0.2, -0.15) is 0 Å². The Morgan fingerprint density at radius 1 is 1.17 bits per heavy atom. The number of hydrogen-bond donors (Lipinski definition) is 0. The average Bonchev–Trinajstić information content (AvgIpc) is 3.27. The molecule has 0 fully saturated rings. The molecule has 0 saturated carbocycles. The molecule has 2 rings (SSSR count). The Balaban J connectivity index is 1.90. The maximum atomic E-state index is 12.5. The van der Waals surface area contributed by atoms with E-state index in [2.05, 4.69) is 4.74 Å². The second-order valence-electron chi connectivity index (χ2n) is 6.14. The van der Waals surface area contributed by atoms with Crippen LogP contribution in [0.5, 0.6) is 11.5 Å². The summed E-state index contributed by atoms with van der Waals surface area (Å²) in [6.45, 7) is 3.56. The molecule has 0 bridgehead atoms. The van der Waals surface area contributed by atoms with E-state index in [1.807, 2.05) is 42.6 Å². The van der Waals surface area contributed by atoms with Crippen LogP contribution in [0.15, 0.2) is 35.7 Å². The first kappa shape index (κ1) is 23.1. The number of ether oxygens (including phenoxy) is 3. The number of amides is 1. The number of methoxy groups -OCH3 is 2. The van der Waals surface area contributed by atoms with Gasteiger partial charge < -0.3 is 19.1 Å². The Kier molecular flexibility index (Phi) is 9.87. The van der Waals surface area contributed by atoms with Crippen LogP contribution >= 0.6 is 23.1 Å². The lowest BCUT2D eigenvalue weighted by Gasteiger charge is -2.21. The van der Waals surface area contributed by atoms with Crippen LogP contribution in [-0.2, 0) is 27.5 Å². The summed E-state index contributed by atoms with van der Waals surface area (Å²) in [6.07, 6.45) is 0.384. The van der Waals surface area contributed by atoms with Gasteiger partial charge in [0.05, 0.1) is 20.0 Å². The van der Waals surface area contributed by atoms with E-state index < -0.39 is 0 Å². The third kappa shape index (κ3) is 7.62. The lowest BCUT2D eigenvalue weighted by Crippen LogP contribution is -2.30. The number of rotatable bonds is 12. The normalized spacial score (nSPS) is 10.4. The topological polar surface area (TPSA) is 65.1 Å². The molecule has 0 aliphatic carbocycles. The van der Waals surface area contributed by atoms with Crippen molar-refractivity contribution in [2.45, 2.75) is 26.5 Å². The number of carbonyl (C=O) groups is 2. The molecule has 6 nitrogen and oxygen atoms in total. The van der Waals surface area contributed by atoms with E-state index in [1.165, 1.54) is 18.9 Å². The molecule has 0 unspecified atom stereocenters. The number of thioether (sulfide) groups is 1. The predicted octanol–water partition coefficient (Wildman–Crippen LogP) is 3.98. The molecule has 29 heavy (non-hydrogen) atoms. The van der Waals surface area contributed by atoms with Crippen molar-refractivity contribution in [1.29, 1.82) is 0 Å². The van der Waals surface area contributed by atoms with Gasteiger partial charge in [-0.3, -0.25) is 9.59 Å². The van der Waals surface area contributed by atoms with Crippen molar-refractivity contribution in [3.8, 4) is 11.5 Å². The first-order valence-corrected chi connectivity index (χ1v) is 11.3. The zero-order chi connectivity index (χ0) is 21.1. The van der Waals surface area contributed by atoms with Gasteiger partial charge in [-0.05, 0) is 36.1 Å². The Labute approximate surface area is 180 Å². The highest BCUT2D eigenvalue weighted by molar-refractivity contribution is 7.99. The van der Waals surface area contributed by atoms with E-state index in [0.717, 1.165) is 10.4 Å². The van der Waals surface area contributed by atoms with Crippen LogP contribution in [0.25, 0.3) is 0 Å². The van der Waals surface area contributed by atoms with Crippen LogP contribution in [0, 0.1) is 0 Å². The summed E-state index contributed by atoms with van der Waals surface area (Å²) in [5, 5.41) is 2.02. The van der Waals surface area contributed by atoms with Crippen molar-refractivity contribution in [2.75, 3.05) is 32.3 Å². The van der Waals surface area contributed by atoms with Gasteiger partial charge in [-0.1, -0.05) is 12.1 Å². The molecule has 0 atom stereocenters. The van der Waals surface area contributed by atoms with Gasteiger partial charge in [0.15, 0.2) is 11.5 Å². The lowest BCUT2D eigenvalue weighted by molar-refractivity contribution is -0.137. The van der Waals surface area contributed by atoms with Crippen LogP contribution in [0.1, 0.15) is 23.8 Å². The molecule has 0 spiro atoms. The summed E-state index contributed by atoms with van der Waals surface area (Å²) in [5.74, 6) is 1.96. The Bertz CT molecular complexity index is 779. The van der Waals surface area contributed by atoms with Gasteiger partial charge in [0.1, 0.15) is 6.61 Å². The van der Waals surface area contributed by atoms with Crippen molar-refractivity contribution >= 4 is 35.0 Å². The highest BCUT2D eigenvalue weighted by Crippen LogP contribution is 2.29. The molecule has 1 heterocycles. The monoisotopic (exact) mass is 437 g/mol. The quantitative estimate of drug-likeness (QED) is 0.370. The number of thiophene rings is 1. The van der Waals surface area contributed by atoms with Gasteiger partial charge in [0, 0.05) is 30.1 Å². The highest BCUT2D eigenvalue weighted by atomic mass is 32.2. The van der Waals surface area contributed by atoms with Crippen molar-refractivity contribution < 1.29 is 23.8 Å². The predicted molar refractivity (Wildman–Crippen MR) is 117 cm³/mol. The van der Waals surface area contributed by atoms with Crippen LogP contribution in [-0.4, -0.2) is 49.0 Å². The van der Waals surface area contributed by atoms with Crippen LogP contribution in [0.2, 0.25) is 0 Å². The lowest BCUT2D eigenvalue weighted by atomic mass is 10.2. The van der Waals surface area contributed by atoms with Crippen molar-refractivity contribution in [1.82, 2.24) is 4.90 Å². The number of carbonyl (C=O) groups excluding carboxylic acids is 2. The number of hydrogen-bond acceptors (Lipinski definition) is 7. The standard InChI is InChI=1S/C21H27NO5S2/c1-4-22(20(23)9-11-28-15-21(24)26-3)13-16-7-8-18(19(12-16)25-2)27-14-17-6-5-10-29-17/h5-8,10,12H,4,9,11,13-15H2,1-3H3. The Hall–Kier alpha value is -2.19. The largest absolute Gasteiger partial charge is 0.493 e. The zero-order valence-corrected chi connectivity index (χ0v) is 18.6.